The average molecular weight is 205 g/mol. The summed E-state index contributed by atoms with van der Waals surface area (Å²) < 4.78 is 0. The minimum atomic E-state index is 0.484. The van der Waals surface area contributed by atoms with Crippen molar-refractivity contribution in [3.8, 4) is 5.75 Å². The van der Waals surface area contributed by atoms with Gasteiger partial charge >= 0.3 is 0 Å². The number of benzene rings is 1. The number of rotatable bonds is 1. The van der Waals surface area contributed by atoms with Gasteiger partial charge in [-0.05, 0) is 49.9 Å². The summed E-state index contributed by atoms with van der Waals surface area (Å²) in [5, 5.41) is 13.5. The lowest BCUT2D eigenvalue weighted by Crippen LogP contribution is -2.28. The van der Waals surface area contributed by atoms with Gasteiger partial charge in [-0.1, -0.05) is 12.1 Å². The van der Waals surface area contributed by atoms with E-state index in [9.17, 15) is 5.11 Å². The molecule has 0 amide bonds. The van der Waals surface area contributed by atoms with Crippen molar-refractivity contribution in [1.29, 1.82) is 0 Å². The van der Waals surface area contributed by atoms with Crippen LogP contribution in [0.1, 0.15) is 35.4 Å². The minimum absolute atomic E-state index is 0.484. The molecule has 1 saturated heterocycles. The Hall–Kier alpha value is -1.02. The monoisotopic (exact) mass is 205 g/mol. The van der Waals surface area contributed by atoms with Gasteiger partial charge in [0.05, 0.1) is 0 Å². The van der Waals surface area contributed by atoms with E-state index in [4.69, 9.17) is 0 Å². The number of hydrogen-bond donors (Lipinski definition) is 2. The van der Waals surface area contributed by atoms with Gasteiger partial charge < -0.3 is 10.4 Å². The van der Waals surface area contributed by atoms with Gasteiger partial charge in [-0.3, -0.25) is 0 Å². The summed E-state index contributed by atoms with van der Waals surface area (Å²) >= 11 is 0. The van der Waals surface area contributed by atoms with Crippen molar-refractivity contribution in [3.63, 3.8) is 0 Å². The molecule has 1 fully saturated rings. The molecule has 1 aromatic carbocycles. The second-order valence-electron chi connectivity index (χ2n) is 4.49. The standard InChI is InChI=1S/C13H19NO/c1-9-5-6-12(13(15)10(9)2)11-4-3-7-14-8-11/h5-6,11,14-15H,3-4,7-8H2,1-2H3. The van der Waals surface area contributed by atoms with E-state index in [-0.39, 0.29) is 0 Å². The molecule has 0 bridgehead atoms. The Balaban J connectivity index is 2.31. The Kier molecular flexibility index (Phi) is 2.96. The first-order chi connectivity index (χ1) is 7.20. The molecule has 1 aliphatic rings. The van der Waals surface area contributed by atoms with Crippen molar-refractivity contribution in [2.75, 3.05) is 13.1 Å². The summed E-state index contributed by atoms with van der Waals surface area (Å²) in [6.07, 6.45) is 2.39. The zero-order chi connectivity index (χ0) is 10.8. The largest absolute Gasteiger partial charge is 0.507 e. The van der Waals surface area contributed by atoms with E-state index < -0.39 is 0 Å². The van der Waals surface area contributed by atoms with Crippen LogP contribution in [0.25, 0.3) is 0 Å². The lowest BCUT2D eigenvalue weighted by atomic mass is 9.89. The number of aromatic hydroxyl groups is 1. The number of aryl methyl sites for hydroxylation is 1. The maximum atomic E-state index is 10.1. The van der Waals surface area contributed by atoms with Crippen molar-refractivity contribution in [3.05, 3.63) is 28.8 Å². The SMILES string of the molecule is Cc1ccc(C2CCCNC2)c(O)c1C. The molecular weight excluding hydrogens is 186 g/mol. The van der Waals surface area contributed by atoms with E-state index in [1.165, 1.54) is 18.4 Å². The topological polar surface area (TPSA) is 32.3 Å². The second-order valence-corrected chi connectivity index (χ2v) is 4.49. The van der Waals surface area contributed by atoms with Crippen molar-refractivity contribution in [1.82, 2.24) is 5.32 Å². The predicted octanol–water partition coefficient (Wildman–Crippen LogP) is 2.48. The second kappa shape index (κ2) is 4.23. The highest BCUT2D eigenvalue weighted by molar-refractivity contribution is 5.46. The Labute approximate surface area is 91.3 Å². The van der Waals surface area contributed by atoms with Gasteiger partial charge in [0.15, 0.2) is 0 Å². The Morgan fingerprint density at radius 2 is 2.13 bits per heavy atom. The first kappa shape index (κ1) is 10.5. The molecule has 1 heterocycles. The highest BCUT2D eigenvalue weighted by atomic mass is 16.3. The molecule has 1 aliphatic heterocycles. The normalized spacial score (nSPS) is 21.6. The van der Waals surface area contributed by atoms with Gasteiger partial charge in [0.25, 0.3) is 0 Å². The summed E-state index contributed by atoms with van der Waals surface area (Å²) in [6, 6.07) is 4.19. The van der Waals surface area contributed by atoms with Gasteiger partial charge in [0.1, 0.15) is 5.75 Å². The van der Waals surface area contributed by atoms with Crippen molar-refractivity contribution >= 4 is 0 Å². The summed E-state index contributed by atoms with van der Waals surface area (Å²) in [5.74, 6) is 0.988. The first-order valence-corrected chi connectivity index (χ1v) is 5.70. The summed E-state index contributed by atoms with van der Waals surface area (Å²) in [6.45, 7) is 6.14. The van der Waals surface area contributed by atoms with Crippen LogP contribution >= 0.6 is 0 Å². The average Bonchev–Trinajstić information content (AvgIpc) is 2.27. The molecular formula is C13H19NO. The molecule has 0 radical (unpaired) electrons. The third-order valence-electron chi connectivity index (χ3n) is 3.47. The summed E-state index contributed by atoms with van der Waals surface area (Å²) in [5.41, 5.74) is 3.31. The Morgan fingerprint density at radius 3 is 2.80 bits per heavy atom. The molecule has 2 heteroatoms. The van der Waals surface area contributed by atoms with Gasteiger partial charge in [-0.15, -0.1) is 0 Å². The molecule has 0 aromatic heterocycles. The minimum Gasteiger partial charge on any atom is -0.507 e. The number of piperidine rings is 1. The van der Waals surface area contributed by atoms with Crippen LogP contribution in [0.3, 0.4) is 0 Å². The zero-order valence-corrected chi connectivity index (χ0v) is 9.51. The van der Waals surface area contributed by atoms with Crippen molar-refractivity contribution in [2.45, 2.75) is 32.6 Å². The lowest BCUT2D eigenvalue weighted by molar-refractivity contribution is 0.423. The quantitative estimate of drug-likeness (QED) is 0.738. The highest BCUT2D eigenvalue weighted by Gasteiger charge is 2.19. The van der Waals surface area contributed by atoms with Crippen LogP contribution in [0, 0.1) is 13.8 Å². The molecule has 1 atom stereocenters. The number of phenolic OH excluding ortho intramolecular Hbond substituents is 1. The smallest absolute Gasteiger partial charge is 0.122 e. The fourth-order valence-electron chi connectivity index (χ4n) is 2.27. The van der Waals surface area contributed by atoms with E-state index in [1.807, 2.05) is 13.8 Å². The molecule has 0 aliphatic carbocycles. The number of hydrogen-bond acceptors (Lipinski definition) is 2. The molecule has 2 N–H and O–H groups in total. The highest BCUT2D eigenvalue weighted by Crippen LogP contribution is 2.33. The van der Waals surface area contributed by atoms with E-state index in [0.717, 1.165) is 24.2 Å². The van der Waals surface area contributed by atoms with Crippen LogP contribution in [0.2, 0.25) is 0 Å². The molecule has 1 aromatic rings. The lowest BCUT2D eigenvalue weighted by Gasteiger charge is -2.24. The van der Waals surface area contributed by atoms with E-state index in [2.05, 4.69) is 17.4 Å². The van der Waals surface area contributed by atoms with Crippen molar-refractivity contribution < 1.29 is 5.11 Å². The molecule has 2 rings (SSSR count). The third kappa shape index (κ3) is 2.00. The predicted molar refractivity (Wildman–Crippen MR) is 62.4 cm³/mol. The first-order valence-electron chi connectivity index (χ1n) is 5.70. The summed E-state index contributed by atoms with van der Waals surface area (Å²) in [4.78, 5) is 0. The Morgan fingerprint density at radius 1 is 1.33 bits per heavy atom. The van der Waals surface area contributed by atoms with Crippen LogP contribution in [0.15, 0.2) is 12.1 Å². The molecule has 0 spiro atoms. The Bertz CT molecular complexity index is 354. The zero-order valence-electron chi connectivity index (χ0n) is 9.51. The van der Waals surface area contributed by atoms with Crippen molar-refractivity contribution in [2.24, 2.45) is 0 Å². The summed E-state index contributed by atoms with van der Waals surface area (Å²) in [7, 11) is 0. The maximum Gasteiger partial charge on any atom is 0.122 e. The van der Waals surface area contributed by atoms with E-state index in [1.54, 1.807) is 0 Å². The van der Waals surface area contributed by atoms with Crippen LogP contribution in [0.5, 0.6) is 5.75 Å². The van der Waals surface area contributed by atoms with E-state index in [0.29, 0.717) is 11.7 Å². The molecule has 2 nitrogen and oxygen atoms in total. The van der Waals surface area contributed by atoms with Crippen LogP contribution in [0.4, 0.5) is 0 Å². The third-order valence-corrected chi connectivity index (χ3v) is 3.47. The van der Waals surface area contributed by atoms with Gasteiger partial charge in [-0.25, -0.2) is 0 Å². The fraction of sp³-hybridized carbons (Fsp3) is 0.538. The van der Waals surface area contributed by atoms with Crippen LogP contribution in [-0.2, 0) is 0 Å². The number of phenols is 1. The van der Waals surface area contributed by atoms with Crippen LogP contribution < -0.4 is 5.32 Å². The molecule has 1 unspecified atom stereocenters. The van der Waals surface area contributed by atoms with Gasteiger partial charge in [0.2, 0.25) is 0 Å². The van der Waals surface area contributed by atoms with Gasteiger partial charge in [-0.2, -0.15) is 0 Å². The maximum absolute atomic E-state index is 10.1. The fourth-order valence-corrected chi connectivity index (χ4v) is 2.27. The molecule has 82 valence electrons. The van der Waals surface area contributed by atoms with Crippen LogP contribution in [-0.4, -0.2) is 18.2 Å². The molecule has 0 saturated carbocycles. The molecule has 15 heavy (non-hydrogen) atoms. The van der Waals surface area contributed by atoms with Gasteiger partial charge in [0, 0.05) is 12.5 Å². The number of nitrogens with one attached hydrogen (secondary N) is 1. The van der Waals surface area contributed by atoms with E-state index >= 15 is 0 Å².